The molecule has 0 bridgehead atoms. The maximum absolute atomic E-state index is 10.0. The molecule has 0 atom stereocenters. The van der Waals surface area contributed by atoms with E-state index >= 15 is 0 Å². The Hall–Kier alpha value is -0.330. The van der Waals surface area contributed by atoms with Crippen molar-refractivity contribution in [1.29, 1.82) is 0 Å². The van der Waals surface area contributed by atoms with Crippen LogP contribution < -0.4 is 0 Å². The maximum atomic E-state index is 10.0. The molecule has 0 N–H and O–H groups in total. The first-order valence-electron chi connectivity index (χ1n) is 7.97. The van der Waals surface area contributed by atoms with Crippen molar-refractivity contribution < 1.29 is 4.79 Å². The molecular formula is C17H33O. The van der Waals surface area contributed by atoms with E-state index in [2.05, 4.69) is 20.8 Å². The molecule has 0 amide bonds. The molecule has 0 saturated heterocycles. The van der Waals surface area contributed by atoms with Gasteiger partial charge in [-0.1, -0.05) is 78.6 Å². The third-order valence-electron chi connectivity index (χ3n) is 4.09. The molecule has 1 radical (unpaired) electrons. The van der Waals surface area contributed by atoms with Gasteiger partial charge in [0.05, 0.1) is 0 Å². The van der Waals surface area contributed by atoms with Crippen molar-refractivity contribution >= 4 is 6.29 Å². The maximum Gasteiger partial charge on any atom is 0.198 e. The second-order valence-corrected chi connectivity index (χ2v) is 6.34. The van der Waals surface area contributed by atoms with Crippen LogP contribution in [0.5, 0.6) is 0 Å². The van der Waals surface area contributed by atoms with Crippen LogP contribution in [0.3, 0.4) is 0 Å². The standard InChI is InChI=1S/C17H33O/c1-4-17(2,3)15-13-11-9-7-5-6-8-10-12-14-16-18/h4-15H2,1-3H3. The van der Waals surface area contributed by atoms with Gasteiger partial charge in [0.1, 0.15) is 0 Å². The summed E-state index contributed by atoms with van der Waals surface area (Å²) in [6, 6.07) is 0. The fourth-order valence-corrected chi connectivity index (χ4v) is 2.21. The predicted octanol–water partition coefficient (Wildman–Crippen LogP) is 5.82. The van der Waals surface area contributed by atoms with E-state index in [9.17, 15) is 4.79 Å². The van der Waals surface area contributed by atoms with Gasteiger partial charge in [-0.25, -0.2) is 0 Å². The smallest absolute Gasteiger partial charge is 0.198 e. The van der Waals surface area contributed by atoms with E-state index < -0.39 is 0 Å². The topological polar surface area (TPSA) is 17.1 Å². The van der Waals surface area contributed by atoms with Gasteiger partial charge in [-0.2, -0.15) is 0 Å². The van der Waals surface area contributed by atoms with Crippen molar-refractivity contribution in [2.24, 2.45) is 5.41 Å². The molecule has 0 rings (SSSR count). The lowest BCUT2D eigenvalue weighted by Gasteiger charge is -2.22. The van der Waals surface area contributed by atoms with Crippen LogP contribution in [0.25, 0.3) is 0 Å². The van der Waals surface area contributed by atoms with Crippen molar-refractivity contribution in [3.8, 4) is 0 Å². The van der Waals surface area contributed by atoms with Gasteiger partial charge in [-0.15, -0.1) is 0 Å². The van der Waals surface area contributed by atoms with Gasteiger partial charge in [0.2, 0.25) is 0 Å². The summed E-state index contributed by atoms with van der Waals surface area (Å²) < 4.78 is 0. The summed E-state index contributed by atoms with van der Waals surface area (Å²) in [5.41, 5.74) is 0.551. The van der Waals surface area contributed by atoms with Gasteiger partial charge in [0, 0.05) is 6.42 Å². The van der Waals surface area contributed by atoms with Gasteiger partial charge in [-0.3, -0.25) is 4.79 Å². The van der Waals surface area contributed by atoms with Crippen molar-refractivity contribution in [2.75, 3.05) is 0 Å². The Kier molecular flexibility index (Phi) is 11.5. The molecule has 0 aromatic heterocycles. The Morgan fingerprint density at radius 3 is 1.67 bits per heavy atom. The van der Waals surface area contributed by atoms with Gasteiger partial charge < -0.3 is 0 Å². The first kappa shape index (κ1) is 17.7. The average molecular weight is 253 g/mol. The molecule has 0 aliphatic rings. The zero-order valence-electron chi connectivity index (χ0n) is 12.9. The summed E-state index contributed by atoms with van der Waals surface area (Å²) in [7, 11) is 0. The molecule has 0 spiro atoms. The highest BCUT2D eigenvalue weighted by molar-refractivity contribution is 5.50. The minimum Gasteiger partial charge on any atom is -0.291 e. The third kappa shape index (κ3) is 12.1. The van der Waals surface area contributed by atoms with E-state index in [0.29, 0.717) is 11.8 Å². The molecule has 1 heteroatoms. The SMILES string of the molecule is CCC(C)(C)CCCCCCCCCCC[C]=O. The molecule has 0 aliphatic heterocycles. The summed E-state index contributed by atoms with van der Waals surface area (Å²) >= 11 is 0. The molecule has 18 heavy (non-hydrogen) atoms. The van der Waals surface area contributed by atoms with Crippen LogP contribution in [0.1, 0.15) is 97.8 Å². The molecule has 0 aromatic carbocycles. The lowest BCUT2D eigenvalue weighted by Crippen LogP contribution is -2.08. The molecular weight excluding hydrogens is 220 g/mol. The van der Waals surface area contributed by atoms with Crippen LogP contribution in [0.2, 0.25) is 0 Å². The minimum absolute atomic E-state index is 0.551. The third-order valence-corrected chi connectivity index (χ3v) is 4.09. The number of unbranched alkanes of at least 4 members (excludes halogenated alkanes) is 9. The van der Waals surface area contributed by atoms with E-state index in [-0.39, 0.29) is 0 Å². The van der Waals surface area contributed by atoms with Gasteiger partial charge in [0.15, 0.2) is 6.29 Å². The van der Waals surface area contributed by atoms with Crippen LogP contribution >= 0.6 is 0 Å². The van der Waals surface area contributed by atoms with Crippen LogP contribution in [0.15, 0.2) is 0 Å². The van der Waals surface area contributed by atoms with Crippen molar-refractivity contribution in [2.45, 2.75) is 97.8 Å². The molecule has 0 aromatic rings. The Morgan fingerprint density at radius 1 is 0.778 bits per heavy atom. The zero-order chi connectivity index (χ0) is 13.7. The Morgan fingerprint density at radius 2 is 1.22 bits per heavy atom. The number of rotatable bonds is 13. The fourth-order valence-electron chi connectivity index (χ4n) is 2.21. The quantitative estimate of drug-likeness (QED) is 0.378. The molecule has 0 aliphatic carbocycles. The molecule has 0 unspecified atom stereocenters. The van der Waals surface area contributed by atoms with Crippen LogP contribution in [-0.2, 0) is 4.79 Å². The largest absolute Gasteiger partial charge is 0.291 e. The normalized spacial score (nSPS) is 11.7. The highest BCUT2D eigenvalue weighted by atomic mass is 16.1. The van der Waals surface area contributed by atoms with E-state index in [4.69, 9.17) is 0 Å². The Labute approximate surface area is 115 Å². The first-order valence-corrected chi connectivity index (χ1v) is 7.97. The van der Waals surface area contributed by atoms with Gasteiger partial charge in [-0.05, 0) is 18.3 Å². The monoisotopic (exact) mass is 253 g/mol. The Balaban J connectivity index is 3.10. The van der Waals surface area contributed by atoms with Crippen LogP contribution in [0.4, 0.5) is 0 Å². The van der Waals surface area contributed by atoms with E-state index in [1.54, 1.807) is 0 Å². The molecule has 1 nitrogen and oxygen atoms in total. The van der Waals surface area contributed by atoms with E-state index in [0.717, 1.165) is 6.42 Å². The minimum atomic E-state index is 0.551. The average Bonchev–Trinajstić information content (AvgIpc) is 2.36. The van der Waals surface area contributed by atoms with Crippen molar-refractivity contribution in [3.05, 3.63) is 0 Å². The zero-order valence-corrected chi connectivity index (χ0v) is 12.9. The Bertz CT molecular complexity index is 184. The second-order valence-electron chi connectivity index (χ2n) is 6.34. The highest BCUT2D eigenvalue weighted by Crippen LogP contribution is 2.27. The highest BCUT2D eigenvalue weighted by Gasteiger charge is 2.13. The summed E-state index contributed by atoms with van der Waals surface area (Å²) in [5, 5.41) is 0. The molecule has 0 fully saturated rings. The predicted molar refractivity (Wildman–Crippen MR) is 80.6 cm³/mol. The second kappa shape index (κ2) is 11.7. The number of hydrogen-bond acceptors (Lipinski definition) is 1. The van der Waals surface area contributed by atoms with Gasteiger partial charge in [0.25, 0.3) is 0 Å². The van der Waals surface area contributed by atoms with E-state index in [1.807, 2.05) is 6.29 Å². The summed E-state index contributed by atoms with van der Waals surface area (Å²) in [6.07, 6.45) is 17.1. The first-order chi connectivity index (χ1) is 8.62. The fraction of sp³-hybridized carbons (Fsp3) is 0.941. The molecule has 107 valence electrons. The van der Waals surface area contributed by atoms with E-state index in [1.165, 1.54) is 64.2 Å². The van der Waals surface area contributed by atoms with Crippen molar-refractivity contribution in [1.82, 2.24) is 0 Å². The van der Waals surface area contributed by atoms with Crippen LogP contribution in [-0.4, -0.2) is 6.29 Å². The number of hydrogen-bond donors (Lipinski definition) is 0. The molecule has 0 saturated carbocycles. The summed E-state index contributed by atoms with van der Waals surface area (Å²) in [5.74, 6) is 0. The summed E-state index contributed by atoms with van der Waals surface area (Å²) in [4.78, 5) is 10.0. The number of carbonyl (C=O) groups excluding carboxylic acids is 1. The lowest BCUT2D eigenvalue weighted by molar-refractivity contribution is 0.307. The van der Waals surface area contributed by atoms with Crippen molar-refractivity contribution in [3.63, 3.8) is 0 Å². The lowest BCUT2D eigenvalue weighted by atomic mass is 9.84. The van der Waals surface area contributed by atoms with Gasteiger partial charge >= 0.3 is 0 Å². The summed E-state index contributed by atoms with van der Waals surface area (Å²) in [6.45, 7) is 7.05. The molecule has 0 heterocycles. The van der Waals surface area contributed by atoms with Crippen LogP contribution in [0, 0.1) is 5.41 Å².